The maximum absolute atomic E-state index is 11.7. The van der Waals surface area contributed by atoms with Gasteiger partial charge in [0.15, 0.2) is 0 Å². The SMILES string of the molecule is CCc1cn(CCNc2cccc(Br)c2)c(=O)[nH]c1=O. The highest BCUT2D eigenvalue weighted by Gasteiger charge is 2.02. The Bertz CT molecular complexity index is 706. The molecule has 20 heavy (non-hydrogen) atoms. The van der Waals surface area contributed by atoms with Gasteiger partial charge in [0.25, 0.3) is 5.56 Å². The predicted octanol–water partition coefficient (Wildman–Crippen LogP) is 1.97. The molecule has 0 amide bonds. The monoisotopic (exact) mass is 337 g/mol. The Morgan fingerprint density at radius 3 is 2.85 bits per heavy atom. The highest BCUT2D eigenvalue weighted by Crippen LogP contribution is 2.15. The largest absolute Gasteiger partial charge is 0.383 e. The molecule has 0 saturated heterocycles. The van der Waals surface area contributed by atoms with Crippen molar-refractivity contribution in [1.82, 2.24) is 9.55 Å². The molecule has 1 aromatic carbocycles. The molecule has 1 heterocycles. The fraction of sp³-hybridized carbons (Fsp3) is 0.286. The van der Waals surface area contributed by atoms with Gasteiger partial charge in [0.05, 0.1) is 0 Å². The van der Waals surface area contributed by atoms with Crippen molar-refractivity contribution >= 4 is 21.6 Å². The summed E-state index contributed by atoms with van der Waals surface area (Å²) in [4.78, 5) is 25.5. The zero-order valence-corrected chi connectivity index (χ0v) is 12.7. The molecular weight excluding hydrogens is 322 g/mol. The summed E-state index contributed by atoms with van der Waals surface area (Å²) < 4.78 is 2.52. The van der Waals surface area contributed by atoms with Gasteiger partial charge in [0.1, 0.15) is 0 Å². The Balaban J connectivity index is 2.04. The van der Waals surface area contributed by atoms with Crippen LogP contribution < -0.4 is 16.6 Å². The highest BCUT2D eigenvalue weighted by atomic mass is 79.9. The molecule has 2 rings (SSSR count). The molecule has 0 fully saturated rings. The van der Waals surface area contributed by atoms with E-state index < -0.39 is 0 Å². The molecule has 106 valence electrons. The zero-order chi connectivity index (χ0) is 14.5. The number of hydrogen-bond acceptors (Lipinski definition) is 3. The lowest BCUT2D eigenvalue weighted by molar-refractivity contribution is 0.660. The number of nitrogens with zero attached hydrogens (tertiary/aromatic N) is 1. The molecule has 0 atom stereocenters. The maximum Gasteiger partial charge on any atom is 0.328 e. The summed E-state index contributed by atoms with van der Waals surface area (Å²) in [6.45, 7) is 2.99. The fourth-order valence-corrected chi connectivity index (χ4v) is 2.29. The lowest BCUT2D eigenvalue weighted by Crippen LogP contribution is -2.33. The molecular formula is C14H16BrN3O2. The second-order valence-electron chi connectivity index (χ2n) is 4.40. The van der Waals surface area contributed by atoms with Crippen molar-refractivity contribution in [2.75, 3.05) is 11.9 Å². The molecule has 5 nitrogen and oxygen atoms in total. The molecule has 0 unspecified atom stereocenters. The van der Waals surface area contributed by atoms with Crippen LogP contribution in [0.25, 0.3) is 0 Å². The van der Waals surface area contributed by atoms with Crippen molar-refractivity contribution in [2.45, 2.75) is 19.9 Å². The van der Waals surface area contributed by atoms with Crippen LogP contribution in [-0.2, 0) is 13.0 Å². The number of anilines is 1. The Morgan fingerprint density at radius 2 is 2.15 bits per heavy atom. The molecule has 6 heteroatoms. The average molecular weight is 338 g/mol. The quantitative estimate of drug-likeness (QED) is 0.876. The van der Waals surface area contributed by atoms with E-state index in [1.807, 2.05) is 31.2 Å². The lowest BCUT2D eigenvalue weighted by Gasteiger charge is -2.09. The molecule has 0 saturated carbocycles. The van der Waals surface area contributed by atoms with Crippen molar-refractivity contribution in [3.8, 4) is 0 Å². The number of aromatic nitrogens is 2. The molecule has 0 aliphatic heterocycles. The van der Waals surface area contributed by atoms with E-state index in [-0.39, 0.29) is 11.2 Å². The number of hydrogen-bond donors (Lipinski definition) is 2. The minimum atomic E-state index is -0.372. The fourth-order valence-electron chi connectivity index (χ4n) is 1.89. The Morgan fingerprint density at radius 1 is 1.35 bits per heavy atom. The van der Waals surface area contributed by atoms with E-state index in [4.69, 9.17) is 0 Å². The molecule has 0 aliphatic carbocycles. The first-order valence-electron chi connectivity index (χ1n) is 6.42. The first-order chi connectivity index (χ1) is 9.60. The van der Waals surface area contributed by atoms with Crippen LogP contribution in [0.3, 0.4) is 0 Å². The van der Waals surface area contributed by atoms with Crippen LogP contribution in [0.4, 0.5) is 5.69 Å². The van der Waals surface area contributed by atoms with Crippen molar-refractivity contribution in [2.24, 2.45) is 0 Å². The normalized spacial score (nSPS) is 10.5. The van der Waals surface area contributed by atoms with Crippen LogP contribution in [0.2, 0.25) is 0 Å². The third-order valence-corrected chi connectivity index (χ3v) is 3.47. The first kappa shape index (κ1) is 14.6. The van der Waals surface area contributed by atoms with Gasteiger partial charge in [-0.05, 0) is 24.6 Å². The van der Waals surface area contributed by atoms with Crippen molar-refractivity contribution in [1.29, 1.82) is 0 Å². The van der Waals surface area contributed by atoms with Gasteiger partial charge in [-0.3, -0.25) is 14.3 Å². The maximum atomic E-state index is 11.7. The predicted molar refractivity (Wildman–Crippen MR) is 83.3 cm³/mol. The van der Waals surface area contributed by atoms with Gasteiger partial charge < -0.3 is 5.32 Å². The van der Waals surface area contributed by atoms with Crippen LogP contribution in [0, 0.1) is 0 Å². The van der Waals surface area contributed by atoms with Crippen LogP contribution in [0.15, 0.2) is 44.5 Å². The molecule has 2 N–H and O–H groups in total. The summed E-state index contributed by atoms with van der Waals surface area (Å²) >= 11 is 3.40. The standard InChI is InChI=1S/C14H16BrN3O2/c1-2-10-9-18(14(20)17-13(10)19)7-6-16-12-5-3-4-11(15)8-12/h3-5,8-9,16H,2,6-7H2,1H3,(H,17,19,20). The Labute approximate surface area is 124 Å². The van der Waals surface area contributed by atoms with E-state index in [0.29, 0.717) is 25.1 Å². The van der Waals surface area contributed by atoms with E-state index in [0.717, 1.165) is 10.2 Å². The van der Waals surface area contributed by atoms with Gasteiger partial charge in [-0.15, -0.1) is 0 Å². The number of halogens is 1. The molecule has 0 bridgehead atoms. The van der Waals surface area contributed by atoms with E-state index in [1.165, 1.54) is 4.57 Å². The van der Waals surface area contributed by atoms with Gasteiger partial charge in [-0.25, -0.2) is 4.79 Å². The van der Waals surface area contributed by atoms with E-state index >= 15 is 0 Å². The zero-order valence-electron chi connectivity index (χ0n) is 11.1. The molecule has 1 aromatic heterocycles. The van der Waals surface area contributed by atoms with Gasteiger partial charge in [0.2, 0.25) is 0 Å². The minimum Gasteiger partial charge on any atom is -0.383 e. The van der Waals surface area contributed by atoms with Crippen molar-refractivity contribution in [3.05, 3.63) is 61.3 Å². The Hall–Kier alpha value is -1.82. The lowest BCUT2D eigenvalue weighted by atomic mass is 10.2. The van der Waals surface area contributed by atoms with E-state index in [9.17, 15) is 9.59 Å². The second kappa shape index (κ2) is 6.56. The summed E-state index contributed by atoms with van der Waals surface area (Å²) in [7, 11) is 0. The number of aryl methyl sites for hydroxylation is 1. The van der Waals surface area contributed by atoms with Crippen LogP contribution >= 0.6 is 15.9 Å². The highest BCUT2D eigenvalue weighted by molar-refractivity contribution is 9.10. The summed E-state index contributed by atoms with van der Waals surface area (Å²) in [5.41, 5.74) is 0.927. The summed E-state index contributed by atoms with van der Waals surface area (Å²) in [5.74, 6) is 0. The van der Waals surface area contributed by atoms with E-state index in [1.54, 1.807) is 6.20 Å². The average Bonchev–Trinajstić information content (AvgIpc) is 2.41. The van der Waals surface area contributed by atoms with Crippen LogP contribution in [-0.4, -0.2) is 16.1 Å². The van der Waals surface area contributed by atoms with Crippen LogP contribution in [0.5, 0.6) is 0 Å². The second-order valence-corrected chi connectivity index (χ2v) is 5.31. The number of aromatic amines is 1. The van der Waals surface area contributed by atoms with E-state index in [2.05, 4.69) is 26.2 Å². The van der Waals surface area contributed by atoms with Crippen molar-refractivity contribution in [3.63, 3.8) is 0 Å². The number of rotatable bonds is 5. The number of benzene rings is 1. The van der Waals surface area contributed by atoms with Gasteiger partial charge in [0, 0.05) is 35.0 Å². The number of nitrogens with one attached hydrogen (secondary N) is 2. The van der Waals surface area contributed by atoms with Crippen LogP contribution in [0.1, 0.15) is 12.5 Å². The summed E-state index contributed by atoms with van der Waals surface area (Å²) in [6.07, 6.45) is 2.23. The third-order valence-electron chi connectivity index (χ3n) is 2.97. The molecule has 0 spiro atoms. The topological polar surface area (TPSA) is 66.9 Å². The number of H-pyrrole nitrogens is 1. The Kier molecular flexibility index (Phi) is 4.79. The molecule has 0 radical (unpaired) electrons. The van der Waals surface area contributed by atoms with Gasteiger partial charge in [-0.2, -0.15) is 0 Å². The molecule has 2 aromatic rings. The van der Waals surface area contributed by atoms with Gasteiger partial charge in [-0.1, -0.05) is 28.9 Å². The minimum absolute atomic E-state index is 0.298. The molecule has 0 aliphatic rings. The third kappa shape index (κ3) is 3.60. The smallest absolute Gasteiger partial charge is 0.328 e. The van der Waals surface area contributed by atoms with Crippen molar-refractivity contribution < 1.29 is 0 Å². The first-order valence-corrected chi connectivity index (χ1v) is 7.21. The van der Waals surface area contributed by atoms with Gasteiger partial charge >= 0.3 is 5.69 Å². The summed E-state index contributed by atoms with van der Waals surface area (Å²) in [5, 5.41) is 3.23. The summed E-state index contributed by atoms with van der Waals surface area (Å²) in [6, 6.07) is 7.81.